The Bertz CT molecular complexity index is 514. The summed E-state index contributed by atoms with van der Waals surface area (Å²) < 4.78 is 16.5. The van der Waals surface area contributed by atoms with Crippen molar-refractivity contribution in [3.05, 3.63) is 30.4 Å². The van der Waals surface area contributed by atoms with Crippen molar-refractivity contribution in [2.75, 3.05) is 19.8 Å². The highest BCUT2D eigenvalue weighted by Crippen LogP contribution is 2.30. The number of unbranched alkanes of at least 4 members (excludes halogenated alkanes) is 2. The van der Waals surface area contributed by atoms with Crippen molar-refractivity contribution < 1.29 is 19.0 Å². The third-order valence-electron chi connectivity index (χ3n) is 3.27. The lowest BCUT2D eigenvalue weighted by Crippen LogP contribution is -2.13. The predicted octanol–water partition coefficient (Wildman–Crippen LogP) is 2.72. The van der Waals surface area contributed by atoms with E-state index in [1.54, 1.807) is 0 Å². The molecular weight excluding hydrogens is 308 g/mol. The number of ether oxygens (including phenoxy) is 3. The van der Waals surface area contributed by atoms with Crippen LogP contribution in [0.2, 0.25) is 0 Å². The average Bonchev–Trinajstić information content (AvgIpc) is 2.55. The average molecular weight is 333 g/mol. The zero-order valence-corrected chi connectivity index (χ0v) is 15.0. The van der Waals surface area contributed by atoms with Gasteiger partial charge in [0.2, 0.25) is 0 Å². The Balaban J connectivity index is 2.57. The van der Waals surface area contributed by atoms with Crippen LogP contribution in [0.4, 0.5) is 0 Å². The van der Waals surface area contributed by atoms with Crippen LogP contribution in [-0.4, -0.2) is 36.0 Å². The summed E-state index contributed by atoms with van der Waals surface area (Å²) in [5.41, 5.74) is 1.14. The highest BCUT2D eigenvalue weighted by atomic mass is 28.1. The summed E-state index contributed by atoms with van der Waals surface area (Å²) in [7, 11) is 3.57. The van der Waals surface area contributed by atoms with Crippen molar-refractivity contribution in [3.63, 3.8) is 0 Å². The van der Waals surface area contributed by atoms with Crippen molar-refractivity contribution in [1.29, 1.82) is 0 Å². The number of hydrogen-bond donors (Lipinski definition) is 0. The maximum atomic E-state index is 10.9. The fraction of sp³-hybridized carbons (Fsp3) is 0.500. The summed E-state index contributed by atoms with van der Waals surface area (Å²) in [5, 5.41) is 0.899. The fourth-order valence-electron chi connectivity index (χ4n) is 2.22. The Morgan fingerprint density at radius 2 is 1.83 bits per heavy atom. The van der Waals surface area contributed by atoms with Gasteiger partial charge in [0.05, 0.1) is 30.1 Å². The molecule has 1 aromatic carbocycles. The number of carbonyl (C=O) groups excluding carboxylic acids is 1. The zero-order valence-electron chi connectivity index (χ0n) is 14.0. The lowest BCUT2D eigenvalue weighted by molar-refractivity contribution is -0.137. The molecule has 0 saturated heterocycles. The van der Waals surface area contributed by atoms with E-state index in [2.05, 4.69) is 22.9 Å². The molecule has 4 nitrogen and oxygen atoms in total. The number of carbonyl (C=O) groups is 1. The molecule has 5 heteroatoms. The van der Waals surface area contributed by atoms with Gasteiger partial charge in [0, 0.05) is 6.08 Å². The standard InChI is InChI=1S/C18H25O4Si/c1-4-16(19)22-13-9-7-8-10-14-11-12-15(23)18(21-6-3)17(14)20-5-2/h4,11-12H,1,5-10,13H2,2-3H3. The van der Waals surface area contributed by atoms with Crippen LogP contribution in [0.25, 0.3) is 0 Å². The molecule has 0 saturated carbocycles. The SMILES string of the molecule is C=CC(=O)OCCCCCc1ccc([Si])c(OCC)c1OCC. The number of benzene rings is 1. The van der Waals surface area contributed by atoms with Gasteiger partial charge >= 0.3 is 5.97 Å². The molecule has 0 fully saturated rings. The Labute approximate surface area is 142 Å². The lowest BCUT2D eigenvalue weighted by atomic mass is 10.1. The van der Waals surface area contributed by atoms with E-state index in [9.17, 15) is 4.79 Å². The van der Waals surface area contributed by atoms with Crippen molar-refractivity contribution in [2.24, 2.45) is 0 Å². The molecule has 0 spiro atoms. The van der Waals surface area contributed by atoms with Crippen LogP contribution in [0.3, 0.4) is 0 Å². The maximum Gasteiger partial charge on any atom is 0.330 e. The van der Waals surface area contributed by atoms with Crippen molar-refractivity contribution >= 4 is 21.4 Å². The van der Waals surface area contributed by atoms with Gasteiger partial charge in [0.1, 0.15) is 0 Å². The minimum atomic E-state index is -0.363. The molecular formula is C18H25O4Si. The van der Waals surface area contributed by atoms with Crippen LogP contribution in [0.1, 0.15) is 38.7 Å². The highest BCUT2D eigenvalue weighted by Gasteiger charge is 2.13. The molecule has 0 unspecified atom stereocenters. The van der Waals surface area contributed by atoms with E-state index in [-0.39, 0.29) is 5.97 Å². The minimum Gasteiger partial charge on any atom is -0.490 e. The quantitative estimate of drug-likeness (QED) is 0.270. The van der Waals surface area contributed by atoms with Crippen molar-refractivity contribution in [3.8, 4) is 11.5 Å². The molecule has 0 bridgehead atoms. The van der Waals surface area contributed by atoms with Crippen LogP contribution >= 0.6 is 0 Å². The number of hydrogen-bond acceptors (Lipinski definition) is 4. The monoisotopic (exact) mass is 333 g/mol. The zero-order chi connectivity index (χ0) is 17.1. The molecule has 0 heterocycles. The molecule has 0 aliphatic rings. The Morgan fingerprint density at radius 3 is 2.48 bits per heavy atom. The molecule has 23 heavy (non-hydrogen) atoms. The molecule has 3 radical (unpaired) electrons. The molecule has 0 N–H and O–H groups in total. The first-order valence-electron chi connectivity index (χ1n) is 8.06. The summed E-state index contributed by atoms with van der Waals surface area (Å²) in [6, 6.07) is 4.05. The smallest absolute Gasteiger partial charge is 0.330 e. The molecule has 1 aromatic rings. The topological polar surface area (TPSA) is 44.8 Å². The second kappa shape index (κ2) is 10.9. The lowest BCUT2D eigenvalue weighted by Gasteiger charge is -2.17. The number of esters is 1. The normalized spacial score (nSPS) is 10.2. The molecule has 0 amide bonds. The van der Waals surface area contributed by atoms with Gasteiger partial charge in [-0.15, -0.1) is 0 Å². The third kappa shape index (κ3) is 6.48. The van der Waals surface area contributed by atoms with Gasteiger partial charge in [-0.25, -0.2) is 4.79 Å². The van der Waals surface area contributed by atoms with Gasteiger partial charge in [-0.2, -0.15) is 0 Å². The van der Waals surface area contributed by atoms with Gasteiger partial charge < -0.3 is 14.2 Å². The minimum absolute atomic E-state index is 0.363. The van der Waals surface area contributed by atoms with E-state index in [4.69, 9.17) is 14.2 Å². The third-order valence-corrected chi connectivity index (χ3v) is 3.67. The number of rotatable bonds is 11. The molecule has 125 valence electrons. The van der Waals surface area contributed by atoms with Crippen LogP contribution < -0.4 is 14.7 Å². The van der Waals surface area contributed by atoms with E-state index in [1.807, 2.05) is 19.9 Å². The fourth-order valence-corrected chi connectivity index (χ4v) is 2.49. The van der Waals surface area contributed by atoms with Crippen LogP contribution in [0.5, 0.6) is 11.5 Å². The largest absolute Gasteiger partial charge is 0.490 e. The van der Waals surface area contributed by atoms with Gasteiger partial charge in [0.25, 0.3) is 0 Å². The summed E-state index contributed by atoms with van der Waals surface area (Å²) in [6.07, 6.45) is 4.91. The summed E-state index contributed by atoms with van der Waals surface area (Å²) >= 11 is 0. The predicted molar refractivity (Wildman–Crippen MR) is 92.9 cm³/mol. The second-order valence-corrected chi connectivity index (χ2v) is 5.52. The van der Waals surface area contributed by atoms with E-state index in [1.165, 1.54) is 6.08 Å². The molecule has 0 atom stereocenters. The van der Waals surface area contributed by atoms with E-state index in [0.29, 0.717) is 19.8 Å². The van der Waals surface area contributed by atoms with Gasteiger partial charge in [0.15, 0.2) is 11.5 Å². The Morgan fingerprint density at radius 1 is 1.13 bits per heavy atom. The van der Waals surface area contributed by atoms with Crippen LogP contribution in [-0.2, 0) is 16.0 Å². The van der Waals surface area contributed by atoms with Crippen LogP contribution in [0.15, 0.2) is 24.8 Å². The first-order valence-corrected chi connectivity index (χ1v) is 8.56. The second-order valence-electron chi connectivity index (χ2n) is 4.98. The summed E-state index contributed by atoms with van der Waals surface area (Å²) in [6.45, 7) is 8.92. The first-order chi connectivity index (χ1) is 11.1. The van der Waals surface area contributed by atoms with Gasteiger partial charge in [-0.1, -0.05) is 18.7 Å². The van der Waals surface area contributed by atoms with E-state index < -0.39 is 0 Å². The maximum absolute atomic E-state index is 10.9. The van der Waals surface area contributed by atoms with E-state index in [0.717, 1.165) is 47.9 Å². The number of aryl methyl sites for hydroxylation is 1. The Kier molecular flexibility index (Phi) is 9.13. The first kappa shape index (κ1) is 19.3. The van der Waals surface area contributed by atoms with Gasteiger partial charge in [-0.05, 0) is 50.3 Å². The van der Waals surface area contributed by atoms with Crippen molar-refractivity contribution in [1.82, 2.24) is 0 Å². The van der Waals surface area contributed by atoms with Crippen molar-refractivity contribution in [2.45, 2.75) is 39.5 Å². The van der Waals surface area contributed by atoms with Gasteiger partial charge in [-0.3, -0.25) is 0 Å². The summed E-state index contributed by atoms with van der Waals surface area (Å²) in [5.74, 6) is 1.22. The summed E-state index contributed by atoms with van der Waals surface area (Å²) in [4.78, 5) is 10.9. The Hall–Kier alpha value is -1.75. The highest BCUT2D eigenvalue weighted by molar-refractivity contribution is 6.34. The molecule has 0 aromatic heterocycles. The molecule has 0 aliphatic carbocycles. The van der Waals surface area contributed by atoms with Crippen LogP contribution in [0, 0.1) is 0 Å². The van der Waals surface area contributed by atoms with E-state index >= 15 is 0 Å². The molecule has 0 aliphatic heterocycles. The molecule has 1 rings (SSSR count).